The molecule has 0 unspecified atom stereocenters. The van der Waals surface area contributed by atoms with Crippen LogP contribution in [0.4, 0.5) is 0 Å². The van der Waals surface area contributed by atoms with Gasteiger partial charge >= 0.3 is 5.97 Å². The molecule has 0 aliphatic heterocycles. The summed E-state index contributed by atoms with van der Waals surface area (Å²) in [7, 11) is 1.37. The molecule has 15 heavy (non-hydrogen) atoms. The van der Waals surface area contributed by atoms with Crippen molar-refractivity contribution in [3.63, 3.8) is 0 Å². The van der Waals surface area contributed by atoms with E-state index < -0.39 is 0 Å². The number of ether oxygens (including phenoxy) is 1. The number of methoxy groups -OCH3 is 1. The van der Waals surface area contributed by atoms with E-state index in [1.165, 1.54) is 7.11 Å². The standard InChI is InChI=1S/C10H8BrNO2.CH4/c1-14-10(13)7-2-3-8(11)6-4-5-12-9(6)7;/h2-5,12H,1H3;1H4. The fraction of sp³-hybridized carbons (Fsp3) is 0.182. The fourth-order valence-electron chi connectivity index (χ4n) is 1.40. The highest BCUT2D eigenvalue weighted by Gasteiger charge is 2.12. The monoisotopic (exact) mass is 269 g/mol. The molecule has 0 bridgehead atoms. The van der Waals surface area contributed by atoms with Crippen LogP contribution in [0.5, 0.6) is 0 Å². The van der Waals surface area contributed by atoms with E-state index in [2.05, 4.69) is 25.7 Å². The van der Waals surface area contributed by atoms with Crippen molar-refractivity contribution in [1.29, 1.82) is 0 Å². The van der Waals surface area contributed by atoms with Crippen molar-refractivity contribution in [3.8, 4) is 0 Å². The lowest BCUT2D eigenvalue weighted by Gasteiger charge is -2.01. The molecule has 3 nitrogen and oxygen atoms in total. The van der Waals surface area contributed by atoms with Crippen LogP contribution in [0.1, 0.15) is 17.8 Å². The first-order valence-corrected chi connectivity index (χ1v) is 4.87. The number of hydrogen-bond donors (Lipinski definition) is 1. The van der Waals surface area contributed by atoms with Crippen molar-refractivity contribution in [2.24, 2.45) is 0 Å². The topological polar surface area (TPSA) is 42.1 Å². The smallest absolute Gasteiger partial charge is 0.339 e. The van der Waals surface area contributed by atoms with Gasteiger partial charge in [0.25, 0.3) is 0 Å². The molecule has 0 aliphatic carbocycles. The Bertz CT molecular complexity index is 490. The average Bonchev–Trinajstić information content (AvgIpc) is 2.67. The summed E-state index contributed by atoms with van der Waals surface area (Å²) in [5.74, 6) is -0.329. The minimum absolute atomic E-state index is 0. The highest BCUT2D eigenvalue weighted by molar-refractivity contribution is 9.10. The van der Waals surface area contributed by atoms with Gasteiger partial charge in [-0.15, -0.1) is 0 Å². The molecule has 1 aromatic carbocycles. The zero-order chi connectivity index (χ0) is 10.1. The third-order valence-corrected chi connectivity index (χ3v) is 2.77. The van der Waals surface area contributed by atoms with Gasteiger partial charge in [-0.3, -0.25) is 0 Å². The number of aromatic amines is 1. The number of fused-ring (bicyclic) bond motifs is 1. The molecule has 2 aromatic rings. The Morgan fingerprint density at radius 3 is 2.80 bits per heavy atom. The minimum atomic E-state index is -0.329. The highest BCUT2D eigenvalue weighted by atomic mass is 79.9. The summed E-state index contributed by atoms with van der Waals surface area (Å²) in [6.45, 7) is 0. The second-order valence-corrected chi connectivity index (χ2v) is 3.71. The maximum atomic E-state index is 11.4. The lowest BCUT2D eigenvalue weighted by molar-refractivity contribution is 0.0603. The second-order valence-electron chi connectivity index (χ2n) is 2.85. The number of carbonyl (C=O) groups excluding carboxylic acids is 1. The molecule has 0 fully saturated rings. The first-order valence-electron chi connectivity index (χ1n) is 4.08. The van der Waals surface area contributed by atoms with Crippen LogP contribution < -0.4 is 0 Å². The summed E-state index contributed by atoms with van der Waals surface area (Å²) in [4.78, 5) is 14.4. The van der Waals surface area contributed by atoms with Crippen molar-refractivity contribution in [3.05, 3.63) is 34.4 Å². The van der Waals surface area contributed by atoms with E-state index >= 15 is 0 Å². The molecular formula is C11H12BrNO2. The molecule has 0 spiro atoms. The summed E-state index contributed by atoms with van der Waals surface area (Å²) in [5, 5.41) is 0.980. The van der Waals surface area contributed by atoms with Crippen molar-refractivity contribution in [2.45, 2.75) is 7.43 Å². The van der Waals surface area contributed by atoms with E-state index in [-0.39, 0.29) is 13.4 Å². The van der Waals surface area contributed by atoms with E-state index in [1.54, 1.807) is 12.3 Å². The quantitative estimate of drug-likeness (QED) is 0.807. The molecule has 1 aromatic heterocycles. The van der Waals surface area contributed by atoms with E-state index in [4.69, 9.17) is 0 Å². The van der Waals surface area contributed by atoms with Gasteiger partial charge in [0, 0.05) is 16.1 Å². The van der Waals surface area contributed by atoms with Gasteiger partial charge in [-0.25, -0.2) is 4.79 Å². The maximum absolute atomic E-state index is 11.4. The molecular weight excluding hydrogens is 258 g/mol. The number of halogens is 1. The molecule has 2 rings (SSSR count). The average molecular weight is 270 g/mol. The number of hydrogen-bond acceptors (Lipinski definition) is 2. The molecule has 0 radical (unpaired) electrons. The van der Waals surface area contributed by atoms with Gasteiger partial charge in [-0.2, -0.15) is 0 Å². The minimum Gasteiger partial charge on any atom is -0.465 e. The molecule has 0 saturated heterocycles. The van der Waals surface area contributed by atoms with Crippen LogP contribution >= 0.6 is 15.9 Å². The van der Waals surface area contributed by atoms with E-state index in [0.29, 0.717) is 5.56 Å². The lowest BCUT2D eigenvalue weighted by Crippen LogP contribution is -2.01. The Hall–Kier alpha value is -1.29. The predicted molar refractivity (Wildman–Crippen MR) is 64.1 cm³/mol. The van der Waals surface area contributed by atoms with Gasteiger partial charge < -0.3 is 9.72 Å². The lowest BCUT2D eigenvalue weighted by atomic mass is 10.1. The number of carbonyl (C=O) groups is 1. The Morgan fingerprint density at radius 2 is 2.13 bits per heavy atom. The van der Waals surface area contributed by atoms with E-state index in [1.807, 2.05) is 12.1 Å². The van der Waals surface area contributed by atoms with E-state index in [0.717, 1.165) is 15.4 Å². The zero-order valence-corrected chi connectivity index (χ0v) is 9.09. The SMILES string of the molecule is C.COC(=O)c1ccc(Br)c2cc[nH]c12. The van der Waals surface area contributed by atoms with Crippen LogP contribution in [0.25, 0.3) is 10.9 Å². The maximum Gasteiger partial charge on any atom is 0.339 e. The normalized spacial score (nSPS) is 9.73. The van der Waals surface area contributed by atoms with Crippen LogP contribution in [-0.4, -0.2) is 18.1 Å². The van der Waals surface area contributed by atoms with Gasteiger partial charge in [-0.1, -0.05) is 23.4 Å². The van der Waals surface area contributed by atoms with Crippen molar-refractivity contribution in [1.82, 2.24) is 4.98 Å². The third-order valence-electron chi connectivity index (χ3n) is 2.08. The number of rotatable bonds is 1. The summed E-state index contributed by atoms with van der Waals surface area (Å²) < 4.78 is 5.64. The molecule has 0 atom stereocenters. The second kappa shape index (κ2) is 4.49. The van der Waals surface area contributed by atoms with Gasteiger partial charge in [0.2, 0.25) is 0 Å². The van der Waals surface area contributed by atoms with Crippen molar-refractivity contribution in [2.75, 3.05) is 7.11 Å². The van der Waals surface area contributed by atoms with Gasteiger partial charge in [0.15, 0.2) is 0 Å². The molecule has 0 saturated carbocycles. The van der Waals surface area contributed by atoms with Crippen LogP contribution in [0.2, 0.25) is 0 Å². The number of benzene rings is 1. The van der Waals surface area contributed by atoms with Crippen molar-refractivity contribution < 1.29 is 9.53 Å². The summed E-state index contributed by atoms with van der Waals surface area (Å²) in [5.41, 5.74) is 1.35. The zero-order valence-electron chi connectivity index (χ0n) is 7.50. The highest BCUT2D eigenvalue weighted by Crippen LogP contribution is 2.26. The first kappa shape index (κ1) is 11.8. The number of nitrogens with one attached hydrogen (secondary N) is 1. The number of aromatic nitrogens is 1. The van der Waals surface area contributed by atoms with Crippen LogP contribution in [0, 0.1) is 0 Å². The Morgan fingerprint density at radius 1 is 1.40 bits per heavy atom. The third kappa shape index (κ3) is 1.90. The first-order chi connectivity index (χ1) is 6.74. The van der Waals surface area contributed by atoms with Gasteiger partial charge in [0.05, 0.1) is 18.2 Å². The summed E-state index contributed by atoms with van der Waals surface area (Å²) in [6.07, 6.45) is 1.79. The Kier molecular flexibility index (Phi) is 3.52. The van der Waals surface area contributed by atoms with Gasteiger partial charge in [0.1, 0.15) is 0 Å². The predicted octanol–water partition coefficient (Wildman–Crippen LogP) is 3.35. The fourth-order valence-corrected chi connectivity index (χ4v) is 1.86. The summed E-state index contributed by atoms with van der Waals surface area (Å²) >= 11 is 3.41. The van der Waals surface area contributed by atoms with E-state index in [9.17, 15) is 4.79 Å². The molecule has 1 N–H and O–H groups in total. The van der Waals surface area contributed by atoms with Gasteiger partial charge in [-0.05, 0) is 18.2 Å². The molecule has 4 heteroatoms. The Labute approximate surface area is 96.6 Å². The largest absolute Gasteiger partial charge is 0.465 e. The Balaban J connectivity index is 0.00000112. The van der Waals surface area contributed by atoms with Crippen molar-refractivity contribution >= 4 is 32.8 Å². The summed E-state index contributed by atoms with van der Waals surface area (Å²) in [6, 6.07) is 5.48. The number of esters is 1. The van der Waals surface area contributed by atoms with Crippen LogP contribution in [-0.2, 0) is 4.74 Å². The molecule has 80 valence electrons. The molecule has 0 aliphatic rings. The molecule has 0 amide bonds. The number of H-pyrrole nitrogens is 1. The van der Waals surface area contributed by atoms with Crippen LogP contribution in [0.3, 0.4) is 0 Å². The van der Waals surface area contributed by atoms with Crippen LogP contribution in [0.15, 0.2) is 28.9 Å². The molecule has 1 heterocycles.